The third kappa shape index (κ3) is 2.76. The lowest BCUT2D eigenvalue weighted by Gasteiger charge is -2.34. The average Bonchev–Trinajstić information content (AvgIpc) is 2.89. The molecule has 0 aliphatic carbocycles. The summed E-state index contributed by atoms with van der Waals surface area (Å²) in [5.41, 5.74) is 2.03. The van der Waals surface area contributed by atoms with Gasteiger partial charge >= 0.3 is 6.09 Å². The second-order valence-corrected chi connectivity index (χ2v) is 5.53. The highest BCUT2D eigenvalue weighted by Gasteiger charge is 2.29. The van der Waals surface area contributed by atoms with Crippen molar-refractivity contribution in [2.45, 2.75) is 26.1 Å². The number of ether oxygens (including phenoxy) is 1. The van der Waals surface area contributed by atoms with E-state index in [2.05, 4.69) is 0 Å². The largest absolute Gasteiger partial charge is 0.445 e. The van der Waals surface area contributed by atoms with Crippen LogP contribution in [0.5, 0.6) is 0 Å². The van der Waals surface area contributed by atoms with Gasteiger partial charge in [-0.3, -0.25) is 4.90 Å². The molecule has 0 fully saturated rings. The van der Waals surface area contributed by atoms with Gasteiger partial charge < -0.3 is 9.30 Å². The van der Waals surface area contributed by atoms with Gasteiger partial charge in [-0.05, 0) is 24.6 Å². The summed E-state index contributed by atoms with van der Waals surface area (Å²) in [6, 6.07) is 13.5. The fraction of sp³-hybridized carbons (Fsp3) is 0.312. The molecule has 1 aliphatic rings. The van der Waals surface area contributed by atoms with E-state index in [1.54, 1.807) is 4.90 Å². The Balaban J connectivity index is 1.66. The fourth-order valence-electron chi connectivity index (χ4n) is 2.67. The van der Waals surface area contributed by atoms with Crippen molar-refractivity contribution in [2.24, 2.45) is 0 Å². The van der Waals surface area contributed by atoms with Gasteiger partial charge in [-0.25, -0.2) is 4.79 Å². The van der Waals surface area contributed by atoms with Gasteiger partial charge in [0.25, 0.3) is 0 Å². The minimum atomic E-state index is -0.282. The maximum absolute atomic E-state index is 12.3. The second-order valence-electron chi connectivity index (χ2n) is 5.14. The molecule has 1 aromatic heterocycles. The molecule has 0 saturated carbocycles. The van der Waals surface area contributed by atoms with E-state index in [0.717, 1.165) is 11.3 Å². The molecular weight excluding hydrogens is 288 g/mol. The summed E-state index contributed by atoms with van der Waals surface area (Å²) < 4.78 is 7.44. The van der Waals surface area contributed by atoms with Crippen molar-refractivity contribution in [3.05, 3.63) is 58.9 Å². The lowest BCUT2D eigenvalue weighted by molar-refractivity contribution is 0.0738. The van der Waals surface area contributed by atoms with Gasteiger partial charge in [-0.2, -0.15) is 0 Å². The van der Waals surface area contributed by atoms with Crippen LogP contribution in [0, 0.1) is 0 Å². The minimum absolute atomic E-state index is 0.0328. The number of halogens is 1. The summed E-state index contributed by atoms with van der Waals surface area (Å²) in [4.78, 5) is 14.0. The van der Waals surface area contributed by atoms with Gasteiger partial charge in [0.2, 0.25) is 0 Å². The standard InChI is InChI=1S/C16H17ClN2O2/c1-12-14-7-8-15(17)19(14)10-9-18(12)16(20)21-11-13-5-3-2-4-6-13/h2-8,12H,9-11H2,1H3. The summed E-state index contributed by atoms with van der Waals surface area (Å²) in [5.74, 6) is 0. The van der Waals surface area contributed by atoms with Crippen molar-refractivity contribution < 1.29 is 9.53 Å². The van der Waals surface area contributed by atoms with Crippen LogP contribution >= 0.6 is 11.6 Å². The SMILES string of the molecule is CC1c2ccc(Cl)n2CCN1C(=O)OCc1ccccc1. The Morgan fingerprint density at radius 2 is 2.00 bits per heavy atom. The third-order valence-corrected chi connectivity index (χ3v) is 4.19. The van der Waals surface area contributed by atoms with Crippen LogP contribution in [0.25, 0.3) is 0 Å². The average molecular weight is 305 g/mol. The van der Waals surface area contributed by atoms with E-state index in [0.29, 0.717) is 24.8 Å². The Morgan fingerprint density at radius 1 is 1.24 bits per heavy atom. The number of hydrogen-bond acceptors (Lipinski definition) is 2. The summed E-state index contributed by atoms with van der Waals surface area (Å²) in [5, 5.41) is 0.717. The number of nitrogens with zero attached hydrogens (tertiary/aromatic N) is 2. The van der Waals surface area contributed by atoms with Gasteiger partial charge in [-0.15, -0.1) is 0 Å². The van der Waals surface area contributed by atoms with E-state index in [9.17, 15) is 4.79 Å². The molecule has 5 heteroatoms. The van der Waals surface area contributed by atoms with Gasteiger partial charge in [-0.1, -0.05) is 41.9 Å². The molecule has 1 aliphatic heterocycles. The third-order valence-electron chi connectivity index (χ3n) is 3.86. The van der Waals surface area contributed by atoms with E-state index in [1.165, 1.54) is 0 Å². The first-order valence-electron chi connectivity index (χ1n) is 6.99. The predicted octanol–water partition coefficient (Wildman–Crippen LogP) is 3.85. The highest BCUT2D eigenvalue weighted by Crippen LogP contribution is 2.29. The van der Waals surface area contributed by atoms with Gasteiger partial charge in [0.15, 0.2) is 0 Å². The number of carbonyl (C=O) groups excluding carboxylic acids is 1. The quantitative estimate of drug-likeness (QED) is 0.844. The van der Waals surface area contributed by atoms with Gasteiger partial charge in [0, 0.05) is 18.8 Å². The first kappa shape index (κ1) is 14.0. The van der Waals surface area contributed by atoms with E-state index >= 15 is 0 Å². The fourth-order valence-corrected chi connectivity index (χ4v) is 2.92. The van der Waals surface area contributed by atoms with Crippen molar-refractivity contribution in [2.75, 3.05) is 6.54 Å². The topological polar surface area (TPSA) is 34.5 Å². The number of carbonyl (C=O) groups is 1. The zero-order chi connectivity index (χ0) is 14.8. The number of aromatic nitrogens is 1. The molecule has 0 spiro atoms. The Hall–Kier alpha value is -1.94. The van der Waals surface area contributed by atoms with Crippen LogP contribution < -0.4 is 0 Å². The van der Waals surface area contributed by atoms with Crippen molar-refractivity contribution in [1.29, 1.82) is 0 Å². The van der Waals surface area contributed by atoms with Crippen LogP contribution in [0.4, 0.5) is 4.79 Å². The molecule has 1 atom stereocenters. The molecular formula is C16H17ClN2O2. The van der Waals surface area contributed by atoms with E-state index in [-0.39, 0.29) is 12.1 Å². The maximum Gasteiger partial charge on any atom is 0.410 e. The molecule has 2 aromatic rings. The number of fused-ring (bicyclic) bond motifs is 1. The first-order valence-corrected chi connectivity index (χ1v) is 7.37. The zero-order valence-corrected chi connectivity index (χ0v) is 12.6. The van der Waals surface area contributed by atoms with Crippen LogP contribution in [0.15, 0.2) is 42.5 Å². The van der Waals surface area contributed by atoms with E-state index in [1.807, 2.05) is 54.0 Å². The number of rotatable bonds is 2. The maximum atomic E-state index is 12.3. The smallest absolute Gasteiger partial charge is 0.410 e. The minimum Gasteiger partial charge on any atom is -0.445 e. The van der Waals surface area contributed by atoms with Crippen molar-refractivity contribution in [3.8, 4) is 0 Å². The molecule has 1 amide bonds. The first-order chi connectivity index (χ1) is 10.2. The summed E-state index contributed by atoms with van der Waals surface area (Å²) >= 11 is 6.12. The van der Waals surface area contributed by atoms with Crippen molar-refractivity contribution in [3.63, 3.8) is 0 Å². The molecule has 0 saturated heterocycles. The lowest BCUT2D eigenvalue weighted by atomic mass is 10.1. The summed E-state index contributed by atoms with van der Waals surface area (Å²) in [6.07, 6.45) is -0.282. The van der Waals surface area contributed by atoms with Crippen LogP contribution in [0.1, 0.15) is 24.2 Å². The Morgan fingerprint density at radius 3 is 2.76 bits per heavy atom. The van der Waals surface area contributed by atoms with E-state index < -0.39 is 0 Å². The number of hydrogen-bond donors (Lipinski definition) is 0. The molecule has 4 nitrogen and oxygen atoms in total. The zero-order valence-electron chi connectivity index (χ0n) is 11.8. The Kier molecular flexibility index (Phi) is 3.88. The molecule has 21 heavy (non-hydrogen) atoms. The Bertz CT molecular complexity index is 639. The molecule has 0 bridgehead atoms. The molecule has 0 radical (unpaired) electrons. The van der Waals surface area contributed by atoms with E-state index in [4.69, 9.17) is 16.3 Å². The van der Waals surface area contributed by atoms with Crippen LogP contribution in [-0.2, 0) is 17.9 Å². The van der Waals surface area contributed by atoms with Crippen LogP contribution in [0.2, 0.25) is 5.15 Å². The Labute approximate surface area is 128 Å². The summed E-state index contributed by atoms with van der Waals surface area (Å²) in [6.45, 7) is 3.60. The molecule has 0 N–H and O–H groups in total. The second kappa shape index (κ2) is 5.82. The van der Waals surface area contributed by atoms with Gasteiger partial charge in [0.1, 0.15) is 11.8 Å². The molecule has 2 heterocycles. The molecule has 3 rings (SSSR count). The normalized spacial score (nSPS) is 17.4. The molecule has 110 valence electrons. The lowest BCUT2D eigenvalue weighted by Crippen LogP contribution is -2.41. The highest BCUT2D eigenvalue weighted by atomic mass is 35.5. The highest BCUT2D eigenvalue weighted by molar-refractivity contribution is 6.29. The molecule has 1 unspecified atom stereocenters. The monoisotopic (exact) mass is 304 g/mol. The number of benzene rings is 1. The van der Waals surface area contributed by atoms with Crippen LogP contribution in [0.3, 0.4) is 0 Å². The van der Waals surface area contributed by atoms with Crippen LogP contribution in [-0.4, -0.2) is 22.1 Å². The van der Waals surface area contributed by atoms with Crippen molar-refractivity contribution in [1.82, 2.24) is 9.47 Å². The predicted molar refractivity (Wildman–Crippen MR) is 81.2 cm³/mol. The van der Waals surface area contributed by atoms with Gasteiger partial charge in [0.05, 0.1) is 6.04 Å². The summed E-state index contributed by atoms with van der Waals surface area (Å²) in [7, 11) is 0. The van der Waals surface area contributed by atoms with Crippen molar-refractivity contribution >= 4 is 17.7 Å². The molecule has 1 aromatic carbocycles. The number of amides is 1.